The molecule has 0 spiro atoms. The van der Waals surface area contributed by atoms with Crippen molar-refractivity contribution in [2.24, 2.45) is 7.05 Å². The fraction of sp³-hybridized carbons (Fsp3) is 0.444. The monoisotopic (exact) mass is 441 g/mol. The van der Waals surface area contributed by atoms with Gasteiger partial charge in [0.1, 0.15) is 6.07 Å². The highest BCUT2D eigenvalue weighted by Crippen LogP contribution is 2.40. The normalized spacial score (nSPS) is 22.3. The Morgan fingerprint density at radius 1 is 1.06 bits per heavy atom. The second kappa shape index (κ2) is 8.31. The van der Waals surface area contributed by atoms with E-state index in [4.69, 9.17) is 0 Å². The van der Waals surface area contributed by atoms with Crippen molar-refractivity contribution in [3.63, 3.8) is 0 Å². The molecule has 6 nitrogen and oxygen atoms in total. The van der Waals surface area contributed by atoms with E-state index in [0.717, 1.165) is 30.2 Å². The summed E-state index contributed by atoms with van der Waals surface area (Å²) in [5, 5.41) is 9.82. The van der Waals surface area contributed by atoms with Crippen LogP contribution in [0.1, 0.15) is 62.4 Å². The van der Waals surface area contributed by atoms with Gasteiger partial charge in [-0.2, -0.15) is 5.26 Å². The highest BCUT2D eigenvalue weighted by Gasteiger charge is 2.34. The lowest BCUT2D eigenvalue weighted by Gasteiger charge is -2.47. The predicted octanol–water partition coefficient (Wildman–Crippen LogP) is 4.34. The lowest BCUT2D eigenvalue weighted by molar-refractivity contribution is 0.119. The number of piperazine rings is 1. The van der Waals surface area contributed by atoms with Gasteiger partial charge in [0.2, 0.25) is 0 Å². The molecule has 1 aromatic carbocycles. The van der Waals surface area contributed by atoms with Gasteiger partial charge in [-0.25, -0.2) is 4.98 Å². The number of aryl methyl sites for hydroxylation is 1. The molecule has 0 N–H and O–H groups in total. The van der Waals surface area contributed by atoms with E-state index in [1.165, 1.54) is 30.0 Å². The van der Waals surface area contributed by atoms with Gasteiger partial charge in [-0.1, -0.05) is 24.3 Å². The van der Waals surface area contributed by atoms with E-state index in [1.54, 1.807) is 17.7 Å². The summed E-state index contributed by atoms with van der Waals surface area (Å²) < 4.78 is 1.60. The molecule has 5 rings (SSSR count). The Balaban J connectivity index is 1.42. The van der Waals surface area contributed by atoms with Crippen LogP contribution in [0.25, 0.3) is 11.0 Å². The molecule has 3 atom stereocenters. The van der Waals surface area contributed by atoms with Crippen LogP contribution in [0.5, 0.6) is 0 Å². The molecule has 6 heteroatoms. The van der Waals surface area contributed by atoms with Crippen LogP contribution in [0.3, 0.4) is 0 Å². The molecule has 2 fully saturated rings. The van der Waals surface area contributed by atoms with Crippen molar-refractivity contribution in [3.8, 4) is 6.07 Å². The van der Waals surface area contributed by atoms with Gasteiger partial charge in [0, 0.05) is 44.3 Å². The number of hydrogen-bond donors (Lipinski definition) is 0. The number of nitriles is 1. The van der Waals surface area contributed by atoms with Gasteiger partial charge in [-0.05, 0) is 62.8 Å². The molecule has 3 heterocycles. The number of rotatable bonds is 4. The van der Waals surface area contributed by atoms with Gasteiger partial charge >= 0.3 is 0 Å². The van der Waals surface area contributed by atoms with Crippen LogP contribution in [-0.2, 0) is 7.05 Å². The number of benzene rings is 1. The molecule has 2 aliphatic rings. The minimum atomic E-state index is -0.0762. The Morgan fingerprint density at radius 3 is 2.45 bits per heavy atom. The van der Waals surface area contributed by atoms with Gasteiger partial charge in [-0.3, -0.25) is 9.69 Å². The number of aromatic nitrogens is 2. The SMILES string of the molecule is CC(c1ccc(C2CC2)cc1)N1C[C@H](C)N(c2cc3c(ccc(=O)n3C)nc2C#N)C[C@H]1C. The average Bonchev–Trinajstić information content (AvgIpc) is 3.67. The number of hydrogen-bond acceptors (Lipinski definition) is 5. The highest BCUT2D eigenvalue weighted by molar-refractivity contribution is 5.81. The molecule has 1 aliphatic heterocycles. The van der Waals surface area contributed by atoms with E-state index in [-0.39, 0.29) is 11.6 Å². The molecular formula is C27H31N5O. The maximum absolute atomic E-state index is 12.2. The maximum Gasteiger partial charge on any atom is 0.250 e. The molecule has 0 radical (unpaired) electrons. The third-order valence-corrected chi connectivity index (χ3v) is 7.50. The predicted molar refractivity (Wildman–Crippen MR) is 132 cm³/mol. The zero-order valence-electron chi connectivity index (χ0n) is 19.8. The van der Waals surface area contributed by atoms with Crippen molar-refractivity contribution >= 4 is 16.7 Å². The summed E-state index contributed by atoms with van der Waals surface area (Å²) in [6.07, 6.45) is 2.65. The van der Waals surface area contributed by atoms with E-state index < -0.39 is 0 Å². The number of pyridine rings is 2. The van der Waals surface area contributed by atoms with Crippen molar-refractivity contribution in [1.82, 2.24) is 14.5 Å². The third-order valence-electron chi connectivity index (χ3n) is 7.50. The standard InChI is InChI=1S/C27H31N5O/c1-17-16-32(26-13-25-23(29-24(26)14-28)11-12-27(33)30(25)4)18(2)15-31(17)19(3)20-5-7-21(8-6-20)22-9-10-22/h5-8,11-13,17-19,22H,9-10,15-16H2,1-4H3/t17-,18+,19?/m1/s1. The first kappa shape index (κ1) is 21.7. The van der Waals surface area contributed by atoms with E-state index >= 15 is 0 Å². The van der Waals surface area contributed by atoms with Crippen molar-refractivity contribution < 1.29 is 0 Å². The molecule has 0 bridgehead atoms. The summed E-state index contributed by atoms with van der Waals surface area (Å²) >= 11 is 0. The van der Waals surface area contributed by atoms with Crippen LogP contribution in [0.2, 0.25) is 0 Å². The second-order valence-electron chi connectivity index (χ2n) is 9.77. The molecular weight excluding hydrogens is 410 g/mol. The lowest BCUT2D eigenvalue weighted by Crippen LogP contribution is -2.57. The van der Waals surface area contributed by atoms with E-state index in [1.807, 2.05) is 6.07 Å². The minimum Gasteiger partial charge on any atom is -0.364 e. The fourth-order valence-corrected chi connectivity index (χ4v) is 5.26. The van der Waals surface area contributed by atoms with Gasteiger partial charge < -0.3 is 9.47 Å². The Labute approximate surface area is 195 Å². The van der Waals surface area contributed by atoms with Crippen LogP contribution in [-0.4, -0.2) is 39.6 Å². The molecule has 1 aliphatic carbocycles. The largest absolute Gasteiger partial charge is 0.364 e. The van der Waals surface area contributed by atoms with Crippen molar-refractivity contribution in [2.45, 2.75) is 57.7 Å². The van der Waals surface area contributed by atoms with Crippen molar-refractivity contribution in [1.29, 1.82) is 5.26 Å². The summed E-state index contributed by atoms with van der Waals surface area (Å²) in [7, 11) is 1.75. The Hall–Kier alpha value is -3.17. The van der Waals surface area contributed by atoms with Gasteiger partial charge in [0.25, 0.3) is 5.56 Å². The molecule has 33 heavy (non-hydrogen) atoms. The zero-order valence-corrected chi connectivity index (χ0v) is 19.8. The summed E-state index contributed by atoms with van der Waals surface area (Å²) in [5.41, 5.74) is 5.39. The zero-order chi connectivity index (χ0) is 23.3. The summed E-state index contributed by atoms with van der Waals surface area (Å²) in [4.78, 5) is 21.6. The Bertz CT molecular complexity index is 1280. The Kier molecular flexibility index (Phi) is 5.46. The van der Waals surface area contributed by atoms with Crippen LogP contribution in [0.4, 0.5) is 5.69 Å². The highest BCUT2D eigenvalue weighted by atomic mass is 16.1. The molecule has 1 saturated heterocycles. The third kappa shape index (κ3) is 3.91. The quantitative estimate of drug-likeness (QED) is 0.603. The summed E-state index contributed by atoms with van der Waals surface area (Å²) in [5.74, 6) is 0.779. The first-order chi connectivity index (χ1) is 15.9. The smallest absolute Gasteiger partial charge is 0.250 e. The van der Waals surface area contributed by atoms with Crippen LogP contribution in [0, 0.1) is 11.3 Å². The van der Waals surface area contributed by atoms with Crippen LogP contribution >= 0.6 is 0 Å². The fourth-order valence-electron chi connectivity index (χ4n) is 5.26. The Morgan fingerprint density at radius 2 is 1.79 bits per heavy atom. The maximum atomic E-state index is 12.2. The van der Waals surface area contributed by atoms with Crippen LogP contribution in [0.15, 0.2) is 47.3 Å². The van der Waals surface area contributed by atoms with Gasteiger partial charge in [0.05, 0.1) is 16.7 Å². The lowest BCUT2D eigenvalue weighted by atomic mass is 9.98. The van der Waals surface area contributed by atoms with E-state index in [0.29, 0.717) is 23.3 Å². The van der Waals surface area contributed by atoms with E-state index in [9.17, 15) is 10.1 Å². The number of anilines is 1. The van der Waals surface area contributed by atoms with Gasteiger partial charge in [-0.15, -0.1) is 0 Å². The molecule has 3 aromatic rings. The molecule has 170 valence electrons. The van der Waals surface area contributed by atoms with Crippen molar-refractivity contribution in [2.75, 3.05) is 18.0 Å². The molecule has 1 saturated carbocycles. The molecule has 1 unspecified atom stereocenters. The second-order valence-corrected chi connectivity index (χ2v) is 9.77. The number of nitrogens with zero attached hydrogens (tertiary/aromatic N) is 5. The molecule has 0 amide bonds. The first-order valence-corrected chi connectivity index (χ1v) is 11.9. The summed E-state index contributed by atoms with van der Waals surface area (Å²) in [6, 6.07) is 17.5. The van der Waals surface area contributed by atoms with E-state index in [2.05, 4.69) is 65.9 Å². The molecule has 2 aromatic heterocycles. The number of fused-ring (bicyclic) bond motifs is 1. The first-order valence-electron chi connectivity index (χ1n) is 11.9. The van der Waals surface area contributed by atoms with Crippen LogP contribution < -0.4 is 10.5 Å². The summed E-state index contributed by atoms with van der Waals surface area (Å²) in [6.45, 7) is 8.44. The van der Waals surface area contributed by atoms with Gasteiger partial charge in [0.15, 0.2) is 5.69 Å². The van der Waals surface area contributed by atoms with Crippen molar-refractivity contribution in [3.05, 3.63) is 69.6 Å². The average molecular weight is 442 g/mol. The minimum absolute atomic E-state index is 0.0762. The topological polar surface area (TPSA) is 65.2 Å².